The number of nitrogens with two attached hydrogens (primary N) is 1. The Kier molecular flexibility index (Phi) is 6.46. The predicted molar refractivity (Wildman–Crippen MR) is 125 cm³/mol. The van der Waals surface area contributed by atoms with Crippen LogP contribution in [-0.4, -0.2) is 44.2 Å². The van der Waals surface area contributed by atoms with Gasteiger partial charge in [-0.15, -0.1) is 11.3 Å². The van der Waals surface area contributed by atoms with Crippen molar-refractivity contribution in [3.05, 3.63) is 50.4 Å². The average molecular weight is 479 g/mol. The van der Waals surface area contributed by atoms with E-state index in [0.29, 0.717) is 33.5 Å². The van der Waals surface area contributed by atoms with Crippen molar-refractivity contribution in [2.75, 3.05) is 18.0 Å². The Morgan fingerprint density at radius 2 is 2.00 bits per heavy atom. The van der Waals surface area contributed by atoms with Crippen LogP contribution in [0.15, 0.2) is 23.2 Å². The molecule has 3 N–H and O–H groups in total. The molecule has 0 spiro atoms. The molecule has 1 aliphatic heterocycles. The minimum atomic E-state index is -0.229. The lowest BCUT2D eigenvalue weighted by molar-refractivity contribution is 0.268. The Morgan fingerprint density at radius 3 is 2.61 bits per heavy atom. The van der Waals surface area contributed by atoms with Crippen LogP contribution >= 0.6 is 34.5 Å². The summed E-state index contributed by atoms with van der Waals surface area (Å²) in [5.41, 5.74) is 11.6. The highest BCUT2D eigenvalue weighted by Crippen LogP contribution is 2.40. The van der Waals surface area contributed by atoms with Crippen molar-refractivity contribution in [3.63, 3.8) is 0 Å². The van der Waals surface area contributed by atoms with Crippen LogP contribution in [0.3, 0.4) is 0 Å². The Hall–Kier alpha value is -1.84. The summed E-state index contributed by atoms with van der Waals surface area (Å²) in [6, 6.07) is 1.74. The summed E-state index contributed by atoms with van der Waals surface area (Å²) in [4.78, 5) is 20.2. The summed E-state index contributed by atoms with van der Waals surface area (Å²) >= 11 is 14.0. The van der Waals surface area contributed by atoms with Gasteiger partial charge >= 0.3 is 0 Å². The van der Waals surface area contributed by atoms with Gasteiger partial charge in [0.2, 0.25) is 0 Å². The molecule has 3 aromatic heterocycles. The minimum absolute atomic E-state index is 0.0113. The molecule has 1 fully saturated rings. The zero-order valence-electron chi connectivity index (χ0n) is 17.3. The molecule has 0 bridgehead atoms. The molecule has 0 saturated carbocycles. The molecule has 0 amide bonds. The molecule has 3 aromatic rings. The third-order valence-corrected chi connectivity index (χ3v) is 7.49. The normalized spacial score (nSPS) is 17.0. The van der Waals surface area contributed by atoms with E-state index in [9.17, 15) is 5.11 Å². The van der Waals surface area contributed by atoms with E-state index in [1.165, 1.54) is 0 Å². The number of nitrogens with zero attached hydrogens (tertiary/aromatic N) is 5. The molecule has 1 unspecified atom stereocenters. The third kappa shape index (κ3) is 4.03. The highest BCUT2D eigenvalue weighted by atomic mass is 35.5. The van der Waals surface area contributed by atoms with E-state index in [1.807, 2.05) is 12.4 Å². The molecule has 4 heterocycles. The number of aliphatic hydroxyl groups is 1. The largest absolute Gasteiger partial charge is 0.390 e. The summed E-state index contributed by atoms with van der Waals surface area (Å²) in [5, 5.41) is 12.7. The smallest absolute Gasteiger partial charge is 0.153 e. The Morgan fingerprint density at radius 1 is 1.26 bits per heavy atom. The second-order valence-electron chi connectivity index (χ2n) is 7.85. The monoisotopic (exact) mass is 478 g/mol. The fraction of sp³-hybridized carbons (Fsp3) is 0.429. The number of aromatic nitrogens is 4. The van der Waals surface area contributed by atoms with E-state index in [4.69, 9.17) is 38.9 Å². The standard InChI is InChI=1S/C21H24Cl2N6OS/c1-12-18(14-3-6-25-19(23)17(14)22)28-15(9-30)20(27-12)29-7-4-21(5-8-29,13(2)24)16-10-31-11-26-16/h3,6,10-11,13,30H,4-5,7-9,24H2,1-2H3. The SMILES string of the molecule is Cc1nc(N2CCC(c3cscn3)(C(C)N)CC2)c(CO)nc1-c1ccnc(Cl)c1Cl. The Labute approximate surface area is 195 Å². The molecule has 31 heavy (non-hydrogen) atoms. The van der Waals surface area contributed by atoms with E-state index in [2.05, 4.69) is 27.2 Å². The molecule has 164 valence electrons. The first kappa shape index (κ1) is 22.4. The summed E-state index contributed by atoms with van der Waals surface area (Å²) < 4.78 is 0. The number of rotatable bonds is 5. The van der Waals surface area contributed by atoms with Gasteiger partial charge in [-0.1, -0.05) is 23.2 Å². The molecule has 1 atom stereocenters. The molecule has 1 saturated heterocycles. The summed E-state index contributed by atoms with van der Waals surface area (Å²) in [6.07, 6.45) is 3.29. The average Bonchev–Trinajstić information content (AvgIpc) is 3.31. The van der Waals surface area contributed by atoms with Gasteiger partial charge in [0.05, 0.1) is 34.2 Å². The first-order valence-electron chi connectivity index (χ1n) is 10.1. The molecule has 7 nitrogen and oxygen atoms in total. The van der Waals surface area contributed by atoms with Crippen molar-refractivity contribution in [1.29, 1.82) is 0 Å². The van der Waals surface area contributed by atoms with Crippen LogP contribution in [0.25, 0.3) is 11.3 Å². The second-order valence-corrected chi connectivity index (χ2v) is 9.31. The van der Waals surface area contributed by atoms with Gasteiger partial charge < -0.3 is 15.7 Å². The van der Waals surface area contributed by atoms with Crippen molar-refractivity contribution in [1.82, 2.24) is 19.9 Å². The number of aliphatic hydroxyl groups excluding tert-OH is 1. The maximum absolute atomic E-state index is 10.0. The van der Waals surface area contributed by atoms with Crippen LogP contribution in [-0.2, 0) is 12.0 Å². The number of pyridine rings is 1. The van der Waals surface area contributed by atoms with Crippen molar-refractivity contribution in [2.45, 2.75) is 44.8 Å². The maximum atomic E-state index is 10.0. The maximum Gasteiger partial charge on any atom is 0.153 e. The van der Waals surface area contributed by atoms with Crippen LogP contribution in [0, 0.1) is 6.92 Å². The van der Waals surface area contributed by atoms with E-state index in [1.54, 1.807) is 23.6 Å². The van der Waals surface area contributed by atoms with Gasteiger partial charge in [-0.05, 0) is 32.8 Å². The Balaban J connectivity index is 1.65. The molecule has 4 rings (SSSR count). The van der Waals surface area contributed by atoms with E-state index < -0.39 is 0 Å². The van der Waals surface area contributed by atoms with Crippen LogP contribution in [0.2, 0.25) is 10.2 Å². The number of anilines is 1. The van der Waals surface area contributed by atoms with Crippen LogP contribution < -0.4 is 10.6 Å². The molecule has 1 aliphatic rings. The van der Waals surface area contributed by atoms with Crippen LogP contribution in [0.5, 0.6) is 0 Å². The van der Waals surface area contributed by atoms with Gasteiger partial charge in [-0.2, -0.15) is 0 Å². The van der Waals surface area contributed by atoms with Crippen LogP contribution in [0.4, 0.5) is 5.82 Å². The van der Waals surface area contributed by atoms with Gasteiger partial charge in [0, 0.05) is 41.7 Å². The van der Waals surface area contributed by atoms with Gasteiger partial charge in [-0.25, -0.2) is 19.9 Å². The van der Waals surface area contributed by atoms with Crippen molar-refractivity contribution in [2.24, 2.45) is 5.73 Å². The van der Waals surface area contributed by atoms with E-state index >= 15 is 0 Å². The molecule has 0 aromatic carbocycles. The number of aryl methyl sites for hydroxylation is 1. The van der Waals surface area contributed by atoms with Crippen LogP contribution in [0.1, 0.15) is 36.8 Å². The number of hydrogen-bond donors (Lipinski definition) is 2. The topological polar surface area (TPSA) is 101 Å². The van der Waals surface area contributed by atoms with Gasteiger partial charge in [0.1, 0.15) is 10.8 Å². The minimum Gasteiger partial charge on any atom is -0.390 e. The first-order chi connectivity index (χ1) is 14.9. The Bertz CT molecular complexity index is 1070. The third-order valence-electron chi connectivity index (χ3n) is 6.14. The fourth-order valence-corrected chi connectivity index (χ4v) is 5.30. The fourth-order valence-electron chi connectivity index (χ4n) is 4.28. The lowest BCUT2D eigenvalue weighted by Gasteiger charge is -2.44. The quantitative estimate of drug-likeness (QED) is 0.534. The highest BCUT2D eigenvalue weighted by Gasteiger charge is 2.41. The highest BCUT2D eigenvalue weighted by molar-refractivity contribution is 7.07. The molecule has 10 heteroatoms. The van der Waals surface area contributed by atoms with Crippen molar-refractivity contribution < 1.29 is 5.11 Å². The summed E-state index contributed by atoms with van der Waals surface area (Å²) in [6.45, 7) is 5.20. The predicted octanol–water partition coefficient (Wildman–Crippen LogP) is 3.99. The van der Waals surface area contributed by atoms with E-state index in [0.717, 1.165) is 31.6 Å². The lowest BCUT2D eigenvalue weighted by atomic mass is 9.71. The first-order valence-corrected chi connectivity index (χ1v) is 11.7. The molecular formula is C21H24Cl2N6OS. The van der Waals surface area contributed by atoms with Crippen molar-refractivity contribution in [3.8, 4) is 11.3 Å². The van der Waals surface area contributed by atoms with Gasteiger partial charge in [-0.3, -0.25) is 0 Å². The van der Waals surface area contributed by atoms with Crippen molar-refractivity contribution >= 4 is 40.4 Å². The molecule has 0 aliphatic carbocycles. The van der Waals surface area contributed by atoms with Gasteiger partial charge in [0.15, 0.2) is 5.82 Å². The zero-order chi connectivity index (χ0) is 22.2. The summed E-state index contributed by atoms with van der Waals surface area (Å²) in [5.74, 6) is 0.691. The van der Waals surface area contributed by atoms with E-state index in [-0.39, 0.29) is 23.2 Å². The number of halogens is 2. The van der Waals surface area contributed by atoms with Gasteiger partial charge in [0.25, 0.3) is 0 Å². The number of hydrogen-bond acceptors (Lipinski definition) is 8. The molecular weight excluding hydrogens is 455 g/mol. The number of thiazole rings is 1. The molecule has 0 radical (unpaired) electrons. The second kappa shape index (κ2) is 8.96. The summed E-state index contributed by atoms with van der Waals surface area (Å²) in [7, 11) is 0. The zero-order valence-corrected chi connectivity index (χ0v) is 19.7. The number of piperidine rings is 1. The lowest BCUT2D eigenvalue weighted by Crippen LogP contribution is -2.52.